The maximum atomic E-state index is 13.6. The minimum Gasteiger partial charge on any atom is -0.465 e. The Morgan fingerprint density at radius 1 is 1.11 bits per heavy atom. The SMILES string of the molecule is COC(=O)c1cc2nccc(-c3cc(Cl)cc4c3N(C3C[C@H](CO[Si](C)(C)C(C)(C)C)N(C(=O)OC(C)(C)C)C3)CCC4)c2s1. The van der Waals surface area contributed by atoms with Crippen LogP contribution in [0.4, 0.5) is 10.5 Å². The van der Waals surface area contributed by atoms with Crippen molar-refractivity contribution in [1.29, 1.82) is 0 Å². The average Bonchev–Trinajstić information content (AvgIpc) is 3.58. The third-order valence-corrected chi connectivity index (χ3v) is 15.1. The number of aromatic nitrogens is 1. The summed E-state index contributed by atoms with van der Waals surface area (Å²) in [6.45, 7) is 18.8. The van der Waals surface area contributed by atoms with E-state index in [2.05, 4.69) is 49.8 Å². The van der Waals surface area contributed by atoms with Gasteiger partial charge in [0.05, 0.1) is 30.0 Å². The smallest absolute Gasteiger partial charge is 0.410 e. The molecule has 8 nitrogen and oxygen atoms in total. The van der Waals surface area contributed by atoms with E-state index in [1.54, 1.807) is 12.3 Å². The summed E-state index contributed by atoms with van der Waals surface area (Å²) in [6.07, 6.45) is 4.14. The molecule has 5 rings (SSSR count). The molecule has 0 bridgehead atoms. The highest BCUT2D eigenvalue weighted by molar-refractivity contribution is 7.21. The number of hydrogen-bond donors (Lipinski definition) is 0. The number of likely N-dealkylation sites (tertiary alicyclic amines) is 1. The number of rotatable bonds is 6. The van der Waals surface area contributed by atoms with Crippen molar-refractivity contribution >= 4 is 59.2 Å². The van der Waals surface area contributed by atoms with Gasteiger partial charge in [-0.25, -0.2) is 9.59 Å². The lowest BCUT2D eigenvalue weighted by atomic mass is 9.92. The monoisotopic (exact) mass is 671 g/mol. The topological polar surface area (TPSA) is 81.2 Å². The van der Waals surface area contributed by atoms with Crippen LogP contribution in [-0.2, 0) is 20.3 Å². The Morgan fingerprint density at radius 3 is 2.51 bits per heavy atom. The molecule has 1 fully saturated rings. The Hall–Kier alpha value is -2.66. The van der Waals surface area contributed by atoms with Crippen molar-refractivity contribution in [2.45, 2.75) is 96.6 Å². The Morgan fingerprint density at radius 2 is 1.84 bits per heavy atom. The van der Waals surface area contributed by atoms with Crippen LogP contribution in [0.15, 0.2) is 30.5 Å². The molecule has 2 aliphatic rings. The highest BCUT2D eigenvalue weighted by atomic mass is 35.5. The fourth-order valence-corrected chi connectivity index (χ4v) is 8.34. The van der Waals surface area contributed by atoms with E-state index in [0.717, 1.165) is 52.8 Å². The number of thiophene rings is 1. The van der Waals surface area contributed by atoms with Crippen molar-refractivity contribution in [1.82, 2.24) is 9.88 Å². The quantitative estimate of drug-likeness (QED) is 0.192. The van der Waals surface area contributed by atoms with Gasteiger partial charge in [0, 0.05) is 47.2 Å². The number of methoxy groups -OCH3 is 1. The molecule has 1 aromatic carbocycles. The summed E-state index contributed by atoms with van der Waals surface area (Å²) in [5.41, 5.74) is 4.44. The molecular weight excluding hydrogens is 626 g/mol. The number of benzene rings is 1. The van der Waals surface area contributed by atoms with Gasteiger partial charge < -0.3 is 23.7 Å². The second-order valence-electron chi connectivity index (χ2n) is 14.7. The van der Waals surface area contributed by atoms with Gasteiger partial charge in [0.1, 0.15) is 10.5 Å². The van der Waals surface area contributed by atoms with Gasteiger partial charge in [0.15, 0.2) is 8.32 Å². The number of esters is 1. The van der Waals surface area contributed by atoms with Gasteiger partial charge >= 0.3 is 12.1 Å². The van der Waals surface area contributed by atoms with Gasteiger partial charge in [-0.2, -0.15) is 0 Å². The van der Waals surface area contributed by atoms with Gasteiger partial charge in [-0.3, -0.25) is 4.98 Å². The van der Waals surface area contributed by atoms with E-state index in [1.807, 2.05) is 37.8 Å². The van der Waals surface area contributed by atoms with E-state index >= 15 is 0 Å². The van der Waals surface area contributed by atoms with Crippen molar-refractivity contribution in [3.05, 3.63) is 45.9 Å². The molecule has 2 aromatic heterocycles. The second-order valence-corrected chi connectivity index (χ2v) is 21.0. The van der Waals surface area contributed by atoms with Gasteiger partial charge in [-0.05, 0) is 88.0 Å². The predicted octanol–water partition coefficient (Wildman–Crippen LogP) is 8.56. The zero-order valence-corrected chi connectivity index (χ0v) is 30.5. The molecule has 45 heavy (non-hydrogen) atoms. The van der Waals surface area contributed by atoms with E-state index in [0.29, 0.717) is 23.1 Å². The predicted molar refractivity (Wildman–Crippen MR) is 185 cm³/mol. The number of carbonyl (C=O) groups excluding carboxylic acids is 2. The summed E-state index contributed by atoms with van der Waals surface area (Å²) in [5.74, 6) is -0.377. The number of aryl methyl sites for hydroxylation is 1. The van der Waals surface area contributed by atoms with E-state index in [4.69, 9.17) is 25.5 Å². The number of amides is 1. The molecule has 244 valence electrons. The zero-order chi connectivity index (χ0) is 32.9. The summed E-state index contributed by atoms with van der Waals surface area (Å²) >= 11 is 8.13. The summed E-state index contributed by atoms with van der Waals surface area (Å²) in [4.78, 5) is 35.4. The third-order valence-electron chi connectivity index (χ3n) is 9.28. The van der Waals surface area contributed by atoms with Crippen LogP contribution >= 0.6 is 22.9 Å². The van der Waals surface area contributed by atoms with Crippen LogP contribution in [0.3, 0.4) is 0 Å². The van der Waals surface area contributed by atoms with E-state index in [9.17, 15) is 9.59 Å². The van der Waals surface area contributed by atoms with Gasteiger partial charge in [-0.15, -0.1) is 11.3 Å². The molecule has 2 aliphatic heterocycles. The molecule has 2 atom stereocenters. The third kappa shape index (κ3) is 7.04. The number of hydrogen-bond acceptors (Lipinski definition) is 8. The van der Waals surface area contributed by atoms with Crippen molar-refractivity contribution in [3.63, 3.8) is 0 Å². The van der Waals surface area contributed by atoms with Crippen LogP contribution in [0.1, 0.15) is 69.6 Å². The summed E-state index contributed by atoms with van der Waals surface area (Å²) in [7, 11) is -0.654. The first-order chi connectivity index (χ1) is 21.0. The van der Waals surface area contributed by atoms with Crippen LogP contribution in [-0.4, -0.2) is 74.8 Å². The van der Waals surface area contributed by atoms with E-state index in [-0.39, 0.29) is 29.2 Å². The maximum Gasteiger partial charge on any atom is 0.410 e. The highest BCUT2D eigenvalue weighted by Crippen LogP contribution is 2.46. The lowest BCUT2D eigenvalue weighted by Crippen LogP contribution is -2.47. The van der Waals surface area contributed by atoms with Gasteiger partial charge in [0.2, 0.25) is 0 Å². The number of anilines is 1. The van der Waals surface area contributed by atoms with Crippen molar-refractivity contribution in [2.24, 2.45) is 0 Å². The lowest BCUT2D eigenvalue weighted by molar-refractivity contribution is 0.0180. The van der Waals surface area contributed by atoms with E-state index in [1.165, 1.54) is 24.0 Å². The van der Waals surface area contributed by atoms with Gasteiger partial charge in [-0.1, -0.05) is 32.4 Å². The molecular formula is C34H46ClN3O5SSi. The molecule has 0 saturated carbocycles. The molecule has 0 radical (unpaired) electrons. The summed E-state index contributed by atoms with van der Waals surface area (Å²) in [6, 6.07) is 7.83. The Bertz CT molecular complexity index is 1590. The molecule has 1 amide bonds. The largest absolute Gasteiger partial charge is 0.465 e. The normalized spacial score (nSPS) is 19.2. The fourth-order valence-electron chi connectivity index (χ4n) is 6.00. The molecule has 3 aromatic rings. The Kier molecular flexibility index (Phi) is 9.36. The van der Waals surface area contributed by atoms with Crippen LogP contribution in [0, 0.1) is 0 Å². The molecule has 1 saturated heterocycles. The summed E-state index contributed by atoms with van der Waals surface area (Å²) in [5, 5.41) is 0.732. The second kappa shape index (κ2) is 12.5. The molecule has 11 heteroatoms. The first-order valence-electron chi connectivity index (χ1n) is 15.7. The Balaban J connectivity index is 1.54. The van der Waals surface area contributed by atoms with Crippen molar-refractivity contribution in [3.8, 4) is 11.1 Å². The molecule has 4 heterocycles. The molecule has 1 unspecified atom stereocenters. The average molecular weight is 672 g/mol. The standard InChI is InChI=1S/C34H46ClN3O5SSi/c1-33(2,3)43-32(40)38-19-23(17-24(38)20-42-45(8,9)34(4,5)6)37-14-10-11-21-15-22(35)16-26(29(21)37)25-12-13-36-27-18-28(31(39)41-7)44-30(25)27/h12-13,15-16,18,23-24H,10-11,14,17,19-20H2,1-9H3/t23?,24-/m1/s1. The Labute approximate surface area is 277 Å². The van der Waals surface area contributed by atoms with Crippen LogP contribution < -0.4 is 4.90 Å². The zero-order valence-electron chi connectivity index (χ0n) is 28.0. The summed E-state index contributed by atoms with van der Waals surface area (Å²) < 4.78 is 18.5. The number of halogens is 1. The minimum atomic E-state index is -2.04. The lowest BCUT2D eigenvalue weighted by Gasteiger charge is -2.38. The highest BCUT2D eigenvalue weighted by Gasteiger charge is 2.44. The van der Waals surface area contributed by atoms with Gasteiger partial charge in [0.25, 0.3) is 0 Å². The van der Waals surface area contributed by atoms with Crippen LogP contribution in [0.2, 0.25) is 23.2 Å². The first-order valence-corrected chi connectivity index (χ1v) is 19.8. The minimum absolute atomic E-state index is 0.0626. The number of carbonyl (C=O) groups is 2. The van der Waals surface area contributed by atoms with Crippen molar-refractivity contribution < 1.29 is 23.5 Å². The van der Waals surface area contributed by atoms with Crippen molar-refractivity contribution in [2.75, 3.05) is 31.7 Å². The maximum absolute atomic E-state index is 13.6. The number of pyridine rings is 1. The molecule has 0 aliphatic carbocycles. The first kappa shape index (κ1) is 33.7. The molecule has 0 N–H and O–H groups in total. The van der Waals surface area contributed by atoms with Crippen LogP contribution in [0.5, 0.6) is 0 Å². The van der Waals surface area contributed by atoms with Crippen LogP contribution in [0.25, 0.3) is 21.3 Å². The number of fused-ring (bicyclic) bond motifs is 2. The molecule has 0 spiro atoms. The fraction of sp³-hybridized carbons (Fsp3) is 0.559. The number of nitrogens with zero attached hydrogens (tertiary/aromatic N) is 3. The number of ether oxygens (including phenoxy) is 2. The van der Waals surface area contributed by atoms with E-state index < -0.39 is 13.9 Å².